The van der Waals surface area contributed by atoms with Crippen molar-refractivity contribution in [2.24, 2.45) is 5.41 Å². The Morgan fingerprint density at radius 2 is 2.06 bits per heavy atom. The Balaban J connectivity index is 2.04. The van der Waals surface area contributed by atoms with Crippen LogP contribution in [-0.2, 0) is 4.74 Å². The molecule has 2 fully saturated rings. The molecule has 0 unspecified atom stereocenters. The van der Waals surface area contributed by atoms with Crippen LogP contribution in [0.4, 0.5) is 4.79 Å². The Kier molecular flexibility index (Phi) is 3.10. The van der Waals surface area contributed by atoms with Crippen LogP contribution in [0.2, 0.25) is 0 Å². The van der Waals surface area contributed by atoms with Gasteiger partial charge in [0.1, 0.15) is 5.60 Å². The van der Waals surface area contributed by atoms with E-state index in [-0.39, 0.29) is 12.0 Å². The van der Waals surface area contributed by atoms with Gasteiger partial charge in [0.2, 0.25) is 0 Å². The Morgan fingerprint density at radius 1 is 1.44 bits per heavy atom. The summed E-state index contributed by atoms with van der Waals surface area (Å²) in [4.78, 5) is 11.8. The molecule has 2 rings (SSSR count). The molecule has 0 bridgehead atoms. The fourth-order valence-electron chi connectivity index (χ4n) is 3.22. The van der Waals surface area contributed by atoms with E-state index in [1.54, 1.807) is 20.8 Å². The fraction of sp³-hybridized carbons (Fsp3) is 0.923. The number of hydrogen-bond acceptors (Lipinski definition) is 4. The van der Waals surface area contributed by atoms with Gasteiger partial charge >= 0.3 is 6.09 Å². The van der Waals surface area contributed by atoms with Gasteiger partial charge in [-0.2, -0.15) is 0 Å². The van der Waals surface area contributed by atoms with Crippen LogP contribution in [0.3, 0.4) is 0 Å². The molecule has 2 aliphatic carbocycles. The highest BCUT2D eigenvalue weighted by Crippen LogP contribution is 2.61. The summed E-state index contributed by atoms with van der Waals surface area (Å²) in [6, 6.07) is 0. The number of nitrogens with one attached hydrogen (secondary N) is 1. The van der Waals surface area contributed by atoms with E-state index < -0.39 is 23.3 Å². The summed E-state index contributed by atoms with van der Waals surface area (Å²) in [7, 11) is 0. The molecule has 0 saturated heterocycles. The Labute approximate surface area is 108 Å². The highest BCUT2D eigenvalue weighted by atomic mass is 16.6. The number of hydrogen-bond donors (Lipinski definition) is 3. The maximum Gasteiger partial charge on any atom is 0.408 e. The molecule has 0 aromatic rings. The van der Waals surface area contributed by atoms with Crippen molar-refractivity contribution in [1.82, 2.24) is 5.32 Å². The standard InChI is InChI=1S/C13H23NO4/c1-11(2,3)18-10(17)14-13(8-15)7-9(16)12(13)5-4-6-12/h9,15-16H,4-8H2,1-3H3,(H,14,17)/t9-,13+/m0/s1. The number of carbonyl (C=O) groups is 1. The smallest absolute Gasteiger partial charge is 0.408 e. The minimum atomic E-state index is -0.701. The van der Waals surface area contributed by atoms with Crippen molar-refractivity contribution >= 4 is 6.09 Å². The summed E-state index contributed by atoms with van der Waals surface area (Å²) in [5, 5.41) is 22.3. The van der Waals surface area contributed by atoms with E-state index in [2.05, 4.69) is 5.32 Å². The Bertz CT molecular complexity index is 345. The zero-order valence-corrected chi connectivity index (χ0v) is 11.3. The van der Waals surface area contributed by atoms with Crippen molar-refractivity contribution < 1.29 is 19.7 Å². The normalized spacial score (nSPS) is 33.5. The summed E-state index contributed by atoms with van der Waals surface area (Å²) in [6.45, 7) is 5.25. The maximum absolute atomic E-state index is 11.8. The van der Waals surface area contributed by atoms with Crippen LogP contribution in [0.25, 0.3) is 0 Å². The molecule has 3 N–H and O–H groups in total. The highest BCUT2D eigenvalue weighted by molar-refractivity contribution is 5.69. The lowest BCUT2D eigenvalue weighted by atomic mass is 9.44. The van der Waals surface area contributed by atoms with Crippen molar-refractivity contribution in [3.8, 4) is 0 Å². The first-order valence-corrected chi connectivity index (χ1v) is 6.55. The number of aliphatic hydroxyl groups excluding tert-OH is 2. The highest BCUT2D eigenvalue weighted by Gasteiger charge is 2.68. The van der Waals surface area contributed by atoms with Crippen molar-refractivity contribution in [1.29, 1.82) is 0 Å². The summed E-state index contributed by atoms with van der Waals surface area (Å²) in [5.74, 6) is 0. The Hall–Kier alpha value is -0.810. The van der Waals surface area contributed by atoms with Gasteiger partial charge in [0, 0.05) is 11.8 Å². The molecule has 104 valence electrons. The van der Waals surface area contributed by atoms with Crippen molar-refractivity contribution in [3.63, 3.8) is 0 Å². The van der Waals surface area contributed by atoms with Gasteiger partial charge in [0.15, 0.2) is 0 Å². The second-order valence-corrected chi connectivity index (χ2v) is 6.60. The Morgan fingerprint density at radius 3 is 2.39 bits per heavy atom. The predicted molar refractivity (Wildman–Crippen MR) is 66.1 cm³/mol. The molecular weight excluding hydrogens is 234 g/mol. The summed E-state index contributed by atoms with van der Waals surface area (Å²) < 4.78 is 5.23. The van der Waals surface area contributed by atoms with Gasteiger partial charge in [-0.05, 0) is 33.6 Å². The molecule has 1 amide bonds. The first-order chi connectivity index (χ1) is 8.25. The molecule has 0 aliphatic heterocycles. The molecule has 2 aliphatic rings. The van der Waals surface area contributed by atoms with E-state index in [0.29, 0.717) is 6.42 Å². The monoisotopic (exact) mass is 257 g/mol. The molecule has 0 aromatic carbocycles. The molecular formula is C13H23NO4. The van der Waals surface area contributed by atoms with E-state index in [0.717, 1.165) is 19.3 Å². The molecule has 5 heteroatoms. The number of alkyl carbamates (subject to hydrolysis) is 1. The lowest BCUT2D eigenvalue weighted by molar-refractivity contribution is -0.208. The van der Waals surface area contributed by atoms with Crippen LogP contribution in [0.15, 0.2) is 0 Å². The van der Waals surface area contributed by atoms with Crippen LogP contribution in [0.5, 0.6) is 0 Å². The van der Waals surface area contributed by atoms with Crippen molar-refractivity contribution in [2.45, 2.75) is 63.7 Å². The number of rotatable bonds is 2. The maximum atomic E-state index is 11.8. The van der Waals surface area contributed by atoms with E-state index >= 15 is 0 Å². The molecule has 0 radical (unpaired) electrons. The molecule has 0 heterocycles. The van der Waals surface area contributed by atoms with E-state index in [9.17, 15) is 15.0 Å². The first kappa shape index (κ1) is 13.6. The second kappa shape index (κ2) is 4.10. The molecule has 5 nitrogen and oxygen atoms in total. The zero-order chi connectivity index (χ0) is 13.6. The molecule has 2 atom stereocenters. The molecule has 2 saturated carbocycles. The number of carbonyl (C=O) groups excluding carboxylic acids is 1. The SMILES string of the molecule is CC(C)(C)OC(=O)N[C@@]1(CO)C[C@H](O)C12CCC2. The van der Waals surface area contributed by atoms with Gasteiger partial charge < -0.3 is 20.3 Å². The second-order valence-electron chi connectivity index (χ2n) is 6.60. The van der Waals surface area contributed by atoms with Crippen molar-refractivity contribution in [3.05, 3.63) is 0 Å². The molecule has 0 aromatic heterocycles. The van der Waals surface area contributed by atoms with Gasteiger partial charge in [-0.25, -0.2) is 4.79 Å². The third-order valence-electron chi connectivity index (χ3n) is 4.39. The first-order valence-electron chi connectivity index (χ1n) is 6.55. The summed E-state index contributed by atoms with van der Waals surface area (Å²) >= 11 is 0. The summed E-state index contributed by atoms with van der Waals surface area (Å²) in [5.41, 5.74) is -1.60. The van der Waals surface area contributed by atoms with Crippen LogP contribution in [0, 0.1) is 5.41 Å². The summed E-state index contributed by atoms with van der Waals surface area (Å²) in [6.07, 6.45) is 2.20. The van der Waals surface area contributed by atoms with Crippen molar-refractivity contribution in [2.75, 3.05) is 6.61 Å². The van der Waals surface area contributed by atoms with E-state index in [1.165, 1.54) is 0 Å². The van der Waals surface area contributed by atoms with Crippen LogP contribution >= 0.6 is 0 Å². The van der Waals surface area contributed by atoms with E-state index in [1.807, 2.05) is 0 Å². The minimum Gasteiger partial charge on any atom is -0.444 e. The van der Waals surface area contributed by atoms with Crippen LogP contribution in [-0.4, -0.2) is 40.2 Å². The minimum absolute atomic E-state index is 0.150. The molecule has 18 heavy (non-hydrogen) atoms. The lowest BCUT2D eigenvalue weighted by Gasteiger charge is -2.66. The lowest BCUT2D eigenvalue weighted by Crippen LogP contribution is -2.78. The number of aliphatic hydroxyl groups is 2. The van der Waals surface area contributed by atoms with Gasteiger partial charge in [-0.15, -0.1) is 0 Å². The van der Waals surface area contributed by atoms with Gasteiger partial charge in [-0.1, -0.05) is 6.42 Å². The predicted octanol–water partition coefficient (Wildman–Crippen LogP) is 1.18. The number of ether oxygens (including phenoxy) is 1. The average Bonchev–Trinajstić information content (AvgIpc) is 2.09. The van der Waals surface area contributed by atoms with Gasteiger partial charge in [-0.3, -0.25) is 0 Å². The van der Waals surface area contributed by atoms with Gasteiger partial charge in [0.05, 0.1) is 18.2 Å². The average molecular weight is 257 g/mol. The topological polar surface area (TPSA) is 78.8 Å². The molecule has 1 spiro atoms. The van der Waals surface area contributed by atoms with Crippen LogP contribution in [0.1, 0.15) is 46.5 Å². The van der Waals surface area contributed by atoms with E-state index in [4.69, 9.17) is 4.74 Å². The third kappa shape index (κ3) is 1.89. The largest absolute Gasteiger partial charge is 0.444 e. The third-order valence-corrected chi connectivity index (χ3v) is 4.39. The fourth-order valence-corrected chi connectivity index (χ4v) is 3.22. The number of amides is 1. The quantitative estimate of drug-likeness (QED) is 0.694. The van der Waals surface area contributed by atoms with Gasteiger partial charge in [0.25, 0.3) is 0 Å². The van der Waals surface area contributed by atoms with Crippen LogP contribution < -0.4 is 5.32 Å². The zero-order valence-electron chi connectivity index (χ0n) is 11.3.